The number of pyridine rings is 1. The van der Waals surface area contributed by atoms with Gasteiger partial charge in [-0.2, -0.15) is 0 Å². The Morgan fingerprint density at radius 1 is 1.28 bits per heavy atom. The Morgan fingerprint density at radius 3 is 2.56 bits per heavy atom. The summed E-state index contributed by atoms with van der Waals surface area (Å²) in [5, 5.41) is 17.3. The maximum atomic E-state index is 15.2. The number of aliphatic hydroxyl groups excluding tert-OH is 1. The Bertz CT molecular complexity index is 1070. The third-order valence-electron chi connectivity index (χ3n) is 7.29. The highest BCUT2D eigenvalue weighted by molar-refractivity contribution is 5.72. The van der Waals surface area contributed by atoms with Crippen LogP contribution in [0.3, 0.4) is 0 Å². The summed E-state index contributed by atoms with van der Waals surface area (Å²) in [6, 6.07) is 7.31. The van der Waals surface area contributed by atoms with Crippen LogP contribution in [0.15, 0.2) is 36.5 Å². The molecule has 0 saturated heterocycles. The zero-order valence-electron chi connectivity index (χ0n) is 21.5. The Balaban J connectivity index is 1.65. The SMILES string of the molecule is CC(=O)NC[C@@H](O)C(Cc1ccc(F)cc1)N[C@H]1CC2(CCC2)Oc2ncc([C@@H](F)C(C)(C)C)cc21. The van der Waals surface area contributed by atoms with Gasteiger partial charge < -0.3 is 20.5 Å². The lowest BCUT2D eigenvalue weighted by Crippen LogP contribution is -2.53. The van der Waals surface area contributed by atoms with Gasteiger partial charge in [0.25, 0.3) is 0 Å². The quantitative estimate of drug-likeness (QED) is 0.488. The van der Waals surface area contributed by atoms with Crippen molar-refractivity contribution in [2.45, 2.75) is 89.8 Å². The fourth-order valence-corrected chi connectivity index (χ4v) is 5.04. The molecule has 0 radical (unpaired) electrons. The number of nitrogens with one attached hydrogen (secondary N) is 2. The number of carbonyl (C=O) groups excluding carboxylic acids is 1. The number of aromatic nitrogens is 1. The summed E-state index contributed by atoms with van der Waals surface area (Å²) in [6.07, 6.45) is 3.45. The lowest BCUT2D eigenvalue weighted by Gasteiger charge is -2.48. The standard InChI is InChI=1S/C28H37F2N3O3/c1-17(34)31-16-24(35)22(12-18-6-8-20(29)9-7-18)33-23-14-28(10-5-11-28)36-26-21(23)13-19(15-32-26)25(30)27(2,3)4/h6-9,13,15,22-25,33,35H,5,10-12,14,16H2,1-4H3,(H,31,34)/t22?,23-,24+,25+/m0/s1. The van der Waals surface area contributed by atoms with Gasteiger partial charge in [0.15, 0.2) is 0 Å². The molecule has 4 atom stereocenters. The predicted octanol–water partition coefficient (Wildman–Crippen LogP) is 4.72. The van der Waals surface area contributed by atoms with Crippen molar-refractivity contribution in [3.05, 3.63) is 59.0 Å². The molecule has 3 N–H and O–H groups in total. The molecule has 36 heavy (non-hydrogen) atoms. The van der Waals surface area contributed by atoms with Gasteiger partial charge in [0.05, 0.1) is 6.10 Å². The highest BCUT2D eigenvalue weighted by atomic mass is 19.1. The van der Waals surface area contributed by atoms with E-state index in [1.165, 1.54) is 19.1 Å². The molecular formula is C28H37F2N3O3. The summed E-state index contributed by atoms with van der Waals surface area (Å²) in [4.78, 5) is 16.0. The molecule has 1 fully saturated rings. The molecule has 196 valence electrons. The number of fused-ring (bicyclic) bond motifs is 1. The van der Waals surface area contributed by atoms with E-state index in [0.29, 0.717) is 24.3 Å². The van der Waals surface area contributed by atoms with E-state index in [-0.39, 0.29) is 29.9 Å². The minimum absolute atomic E-state index is 0.0737. The highest BCUT2D eigenvalue weighted by Gasteiger charge is 2.47. The van der Waals surface area contributed by atoms with Crippen LogP contribution < -0.4 is 15.4 Å². The van der Waals surface area contributed by atoms with Crippen molar-refractivity contribution in [2.75, 3.05) is 6.54 Å². The number of carbonyl (C=O) groups is 1. The number of aliphatic hydroxyl groups is 1. The monoisotopic (exact) mass is 501 g/mol. The molecule has 1 aromatic carbocycles. The zero-order valence-corrected chi connectivity index (χ0v) is 21.5. The predicted molar refractivity (Wildman–Crippen MR) is 134 cm³/mol. The number of rotatable bonds is 8. The summed E-state index contributed by atoms with van der Waals surface area (Å²) < 4.78 is 35.1. The molecule has 1 aliphatic heterocycles. The molecule has 1 amide bonds. The van der Waals surface area contributed by atoms with Crippen LogP contribution in [0.25, 0.3) is 0 Å². The minimum atomic E-state index is -1.20. The number of halogens is 2. The molecule has 2 aromatic rings. The first-order chi connectivity index (χ1) is 17.0. The normalized spacial score (nSPS) is 21.0. The largest absolute Gasteiger partial charge is 0.471 e. The summed E-state index contributed by atoms with van der Waals surface area (Å²) in [6.45, 7) is 7.03. The van der Waals surface area contributed by atoms with Gasteiger partial charge in [-0.3, -0.25) is 4.79 Å². The van der Waals surface area contributed by atoms with Crippen LogP contribution in [0.1, 0.15) is 82.3 Å². The van der Waals surface area contributed by atoms with Crippen LogP contribution in [0.5, 0.6) is 5.88 Å². The van der Waals surface area contributed by atoms with E-state index in [4.69, 9.17) is 4.74 Å². The second-order valence-corrected chi connectivity index (χ2v) is 11.4. The molecule has 2 heterocycles. The molecule has 1 aromatic heterocycles. The number of ether oxygens (including phenoxy) is 1. The van der Waals surface area contributed by atoms with E-state index in [1.54, 1.807) is 18.3 Å². The first-order valence-corrected chi connectivity index (χ1v) is 12.7. The second-order valence-electron chi connectivity index (χ2n) is 11.4. The number of benzene rings is 1. The third kappa shape index (κ3) is 6.03. The number of hydrogen-bond donors (Lipinski definition) is 3. The van der Waals surface area contributed by atoms with Crippen LogP contribution in [0.2, 0.25) is 0 Å². The van der Waals surface area contributed by atoms with Gasteiger partial charge in [0.1, 0.15) is 17.6 Å². The van der Waals surface area contributed by atoms with E-state index in [2.05, 4.69) is 15.6 Å². The van der Waals surface area contributed by atoms with Gasteiger partial charge in [-0.1, -0.05) is 32.9 Å². The van der Waals surface area contributed by atoms with Gasteiger partial charge in [0, 0.05) is 49.3 Å². The summed E-state index contributed by atoms with van der Waals surface area (Å²) in [7, 11) is 0. The first kappa shape index (κ1) is 26.5. The Labute approximate surface area is 211 Å². The van der Waals surface area contributed by atoms with Crippen LogP contribution >= 0.6 is 0 Å². The molecular weight excluding hydrogens is 464 g/mol. The van der Waals surface area contributed by atoms with Crippen molar-refractivity contribution >= 4 is 5.91 Å². The van der Waals surface area contributed by atoms with Crippen LogP contribution in [0.4, 0.5) is 8.78 Å². The average Bonchev–Trinajstić information content (AvgIpc) is 2.80. The van der Waals surface area contributed by atoms with Crippen molar-refractivity contribution < 1.29 is 23.4 Å². The van der Waals surface area contributed by atoms with Gasteiger partial charge in [-0.05, 0) is 54.9 Å². The van der Waals surface area contributed by atoms with Gasteiger partial charge in [-0.15, -0.1) is 0 Å². The summed E-state index contributed by atoms with van der Waals surface area (Å²) in [5.74, 6) is -0.0600. The molecule has 6 nitrogen and oxygen atoms in total. The molecule has 1 aliphatic carbocycles. The van der Waals surface area contributed by atoms with Crippen molar-refractivity contribution in [3.8, 4) is 5.88 Å². The van der Waals surface area contributed by atoms with Crippen molar-refractivity contribution in [2.24, 2.45) is 5.41 Å². The molecule has 1 spiro atoms. The molecule has 2 aliphatic rings. The average molecular weight is 502 g/mol. The zero-order chi connectivity index (χ0) is 26.1. The van der Waals surface area contributed by atoms with Crippen molar-refractivity contribution in [3.63, 3.8) is 0 Å². The maximum absolute atomic E-state index is 15.2. The topological polar surface area (TPSA) is 83.5 Å². The Morgan fingerprint density at radius 2 is 1.97 bits per heavy atom. The lowest BCUT2D eigenvalue weighted by atomic mass is 9.73. The summed E-state index contributed by atoms with van der Waals surface area (Å²) in [5.41, 5.74) is 1.22. The van der Waals surface area contributed by atoms with E-state index in [9.17, 15) is 14.3 Å². The Kier molecular flexibility index (Phi) is 7.67. The Hall–Kier alpha value is -2.58. The van der Waals surface area contributed by atoms with E-state index in [1.807, 2.05) is 26.8 Å². The fourth-order valence-electron chi connectivity index (χ4n) is 5.04. The third-order valence-corrected chi connectivity index (χ3v) is 7.29. The van der Waals surface area contributed by atoms with Crippen LogP contribution in [0, 0.1) is 11.2 Å². The highest BCUT2D eigenvalue weighted by Crippen LogP contribution is 2.49. The molecule has 1 unspecified atom stereocenters. The smallest absolute Gasteiger partial charge is 0.218 e. The number of nitrogens with zero attached hydrogens (tertiary/aromatic N) is 1. The number of hydrogen-bond acceptors (Lipinski definition) is 5. The van der Waals surface area contributed by atoms with Crippen LogP contribution in [-0.4, -0.2) is 40.3 Å². The van der Waals surface area contributed by atoms with Crippen molar-refractivity contribution in [1.29, 1.82) is 0 Å². The van der Waals surface area contributed by atoms with E-state index in [0.717, 1.165) is 30.4 Å². The van der Waals surface area contributed by atoms with E-state index >= 15 is 4.39 Å². The minimum Gasteiger partial charge on any atom is -0.471 e. The van der Waals surface area contributed by atoms with Gasteiger partial charge >= 0.3 is 0 Å². The van der Waals surface area contributed by atoms with E-state index < -0.39 is 23.7 Å². The van der Waals surface area contributed by atoms with Crippen LogP contribution in [-0.2, 0) is 11.2 Å². The first-order valence-electron chi connectivity index (χ1n) is 12.7. The molecule has 4 rings (SSSR count). The molecule has 1 saturated carbocycles. The number of amides is 1. The maximum Gasteiger partial charge on any atom is 0.218 e. The van der Waals surface area contributed by atoms with Crippen molar-refractivity contribution in [1.82, 2.24) is 15.6 Å². The fraction of sp³-hybridized carbons (Fsp3) is 0.571. The lowest BCUT2D eigenvalue weighted by molar-refractivity contribution is -0.119. The second kappa shape index (κ2) is 10.4. The number of alkyl halides is 1. The molecule has 8 heteroatoms. The van der Waals surface area contributed by atoms with Gasteiger partial charge in [-0.25, -0.2) is 13.8 Å². The molecule has 0 bridgehead atoms. The summed E-state index contributed by atoms with van der Waals surface area (Å²) >= 11 is 0. The van der Waals surface area contributed by atoms with Gasteiger partial charge in [0.2, 0.25) is 11.8 Å².